The SMILES string of the molecule is O=[P+](O)OC(Nc1ccc(Cl)cn1)O[P+](=O)O. The molecular formula is C6H7ClN2O6P2+2. The molecule has 0 aliphatic carbocycles. The highest BCUT2D eigenvalue weighted by Crippen LogP contribution is 2.26. The zero-order valence-electron chi connectivity index (χ0n) is 8.06. The van der Waals surface area contributed by atoms with Crippen LogP contribution in [-0.2, 0) is 18.2 Å². The molecule has 17 heavy (non-hydrogen) atoms. The van der Waals surface area contributed by atoms with Gasteiger partial charge in [-0.05, 0) is 12.1 Å². The summed E-state index contributed by atoms with van der Waals surface area (Å²) in [6, 6.07) is 2.92. The first-order valence-electron chi connectivity index (χ1n) is 4.01. The second kappa shape index (κ2) is 6.88. The highest BCUT2D eigenvalue weighted by Gasteiger charge is 2.32. The number of nitrogens with zero attached hydrogens (tertiary/aromatic N) is 1. The molecule has 0 bridgehead atoms. The van der Waals surface area contributed by atoms with Gasteiger partial charge < -0.3 is 5.32 Å². The average molecular weight is 301 g/mol. The summed E-state index contributed by atoms with van der Waals surface area (Å²) in [6.07, 6.45) is -0.273. The number of anilines is 1. The Morgan fingerprint density at radius 2 is 1.88 bits per heavy atom. The summed E-state index contributed by atoms with van der Waals surface area (Å²) in [4.78, 5) is 20.8. The maximum atomic E-state index is 10.4. The van der Waals surface area contributed by atoms with Gasteiger partial charge in [0.05, 0.1) is 5.02 Å². The number of hydrogen-bond donors (Lipinski definition) is 3. The largest absolute Gasteiger partial charge is 0.699 e. The van der Waals surface area contributed by atoms with E-state index >= 15 is 0 Å². The topological polar surface area (TPSA) is 118 Å². The summed E-state index contributed by atoms with van der Waals surface area (Å²) in [5, 5.41) is 2.75. The van der Waals surface area contributed by atoms with Gasteiger partial charge in [-0.25, -0.2) is 4.98 Å². The highest BCUT2D eigenvalue weighted by molar-refractivity contribution is 7.32. The number of rotatable bonds is 6. The number of hydrogen-bond acceptors (Lipinski definition) is 6. The highest BCUT2D eigenvalue weighted by atomic mass is 35.5. The van der Waals surface area contributed by atoms with Crippen LogP contribution in [0, 0.1) is 0 Å². The number of nitrogens with one attached hydrogen (secondary N) is 1. The third-order valence-electron chi connectivity index (χ3n) is 1.36. The van der Waals surface area contributed by atoms with Crippen molar-refractivity contribution in [1.82, 2.24) is 4.98 Å². The standard InChI is InChI=1S/C6H5ClN2O6P2/c7-4-1-2-5(8-3-4)9-6(14-16(10)11)15-17(12)13/h1-3,6H,(H-2,8,9,10,11,12,13)/p+2. The molecule has 0 aromatic carbocycles. The van der Waals surface area contributed by atoms with Gasteiger partial charge in [0.25, 0.3) is 0 Å². The third kappa shape index (κ3) is 5.95. The predicted octanol–water partition coefficient (Wildman–Crippen LogP) is 1.76. The van der Waals surface area contributed by atoms with Gasteiger partial charge in [-0.2, -0.15) is 0 Å². The van der Waals surface area contributed by atoms with Crippen LogP contribution in [0.2, 0.25) is 5.02 Å². The molecule has 1 aromatic heterocycles. The normalized spacial score (nSPS) is 14.1. The van der Waals surface area contributed by atoms with E-state index in [0.717, 1.165) is 0 Å². The Balaban J connectivity index is 2.67. The van der Waals surface area contributed by atoms with Gasteiger partial charge in [0.15, 0.2) is 0 Å². The Bertz CT molecular complexity index is 399. The summed E-state index contributed by atoms with van der Waals surface area (Å²) in [7, 11) is -6.01. The Hall–Kier alpha value is -0.720. The van der Waals surface area contributed by atoms with E-state index in [0.29, 0.717) is 5.02 Å². The first-order chi connectivity index (χ1) is 7.97. The van der Waals surface area contributed by atoms with Crippen LogP contribution in [0.4, 0.5) is 5.82 Å². The van der Waals surface area contributed by atoms with Crippen molar-refractivity contribution in [2.75, 3.05) is 5.32 Å². The van der Waals surface area contributed by atoms with E-state index in [1.165, 1.54) is 18.3 Å². The molecule has 0 aliphatic heterocycles. The minimum absolute atomic E-state index is 0.188. The number of aromatic nitrogens is 1. The zero-order valence-corrected chi connectivity index (χ0v) is 10.6. The molecule has 92 valence electrons. The van der Waals surface area contributed by atoms with Gasteiger partial charge in [-0.15, -0.1) is 9.79 Å². The van der Waals surface area contributed by atoms with Crippen LogP contribution < -0.4 is 5.32 Å². The summed E-state index contributed by atoms with van der Waals surface area (Å²) >= 11 is 5.59. The van der Waals surface area contributed by atoms with Crippen molar-refractivity contribution in [2.24, 2.45) is 0 Å². The summed E-state index contributed by atoms with van der Waals surface area (Å²) in [6.45, 7) is 0. The van der Waals surface area contributed by atoms with Crippen LogP contribution in [0.5, 0.6) is 0 Å². The van der Waals surface area contributed by atoms with Crippen molar-refractivity contribution in [3.8, 4) is 0 Å². The molecule has 0 saturated heterocycles. The van der Waals surface area contributed by atoms with E-state index in [4.69, 9.17) is 21.4 Å². The lowest BCUT2D eigenvalue weighted by atomic mass is 10.5. The quantitative estimate of drug-likeness (QED) is 0.537. The fourth-order valence-corrected chi connectivity index (χ4v) is 1.52. The van der Waals surface area contributed by atoms with Gasteiger partial charge in [0.1, 0.15) is 5.82 Å². The van der Waals surface area contributed by atoms with Gasteiger partial charge in [-0.1, -0.05) is 20.6 Å². The molecule has 3 N–H and O–H groups in total. The summed E-state index contributed by atoms with van der Waals surface area (Å²) < 4.78 is 29.5. The molecule has 0 spiro atoms. The molecule has 8 nitrogen and oxygen atoms in total. The Kier molecular flexibility index (Phi) is 5.80. The fraction of sp³-hybridized carbons (Fsp3) is 0.167. The molecule has 1 aromatic rings. The molecule has 11 heteroatoms. The molecule has 0 amide bonds. The molecular weight excluding hydrogens is 293 g/mol. The van der Waals surface area contributed by atoms with Crippen molar-refractivity contribution in [1.29, 1.82) is 0 Å². The first-order valence-corrected chi connectivity index (χ1v) is 6.65. The lowest BCUT2D eigenvalue weighted by Crippen LogP contribution is -2.22. The van der Waals surface area contributed by atoms with E-state index in [9.17, 15) is 9.13 Å². The third-order valence-corrected chi connectivity index (χ3v) is 2.33. The molecule has 0 aliphatic rings. The number of pyridine rings is 1. The maximum absolute atomic E-state index is 10.4. The molecule has 0 radical (unpaired) electrons. The minimum Gasteiger partial charge on any atom is -0.315 e. The van der Waals surface area contributed by atoms with Crippen molar-refractivity contribution in [3.63, 3.8) is 0 Å². The van der Waals surface area contributed by atoms with Crippen LogP contribution >= 0.6 is 28.1 Å². The van der Waals surface area contributed by atoms with Crippen molar-refractivity contribution < 1.29 is 28.0 Å². The molecule has 1 rings (SSSR count). The predicted molar refractivity (Wildman–Crippen MR) is 58.5 cm³/mol. The number of halogens is 1. The average Bonchev–Trinajstić information content (AvgIpc) is 2.19. The van der Waals surface area contributed by atoms with Crippen molar-refractivity contribution in [3.05, 3.63) is 23.4 Å². The summed E-state index contributed by atoms with van der Waals surface area (Å²) in [5.74, 6) is 0.188. The first kappa shape index (κ1) is 14.3. The molecule has 2 unspecified atom stereocenters. The second-order valence-electron chi connectivity index (χ2n) is 2.52. The fourth-order valence-electron chi connectivity index (χ4n) is 0.818. The second-order valence-corrected chi connectivity index (χ2v) is 4.33. The van der Waals surface area contributed by atoms with Crippen molar-refractivity contribution in [2.45, 2.75) is 6.41 Å². The van der Waals surface area contributed by atoms with Gasteiger partial charge >= 0.3 is 22.9 Å². The maximum Gasteiger partial charge on any atom is 0.699 e. The van der Waals surface area contributed by atoms with E-state index < -0.39 is 22.9 Å². The minimum atomic E-state index is -3.00. The Labute approximate surface area is 102 Å². The van der Waals surface area contributed by atoms with Crippen LogP contribution in [0.1, 0.15) is 0 Å². The molecule has 2 atom stereocenters. The van der Waals surface area contributed by atoms with Crippen LogP contribution in [0.3, 0.4) is 0 Å². The van der Waals surface area contributed by atoms with E-state index in [-0.39, 0.29) is 5.82 Å². The Morgan fingerprint density at radius 1 is 1.29 bits per heavy atom. The van der Waals surface area contributed by atoms with Gasteiger partial charge in [-0.3, -0.25) is 0 Å². The summed E-state index contributed by atoms with van der Waals surface area (Å²) in [5.41, 5.74) is 0. The van der Waals surface area contributed by atoms with E-state index in [1.54, 1.807) is 0 Å². The monoisotopic (exact) mass is 300 g/mol. The smallest absolute Gasteiger partial charge is 0.315 e. The van der Waals surface area contributed by atoms with E-state index in [1.807, 2.05) is 0 Å². The molecule has 0 fully saturated rings. The zero-order chi connectivity index (χ0) is 12.8. The Morgan fingerprint density at radius 3 is 2.29 bits per heavy atom. The van der Waals surface area contributed by atoms with Crippen LogP contribution in [0.25, 0.3) is 0 Å². The lowest BCUT2D eigenvalue weighted by Gasteiger charge is -2.06. The molecule has 0 saturated carbocycles. The van der Waals surface area contributed by atoms with Gasteiger partial charge in [0.2, 0.25) is 0 Å². The molecule has 1 heterocycles. The van der Waals surface area contributed by atoms with Crippen LogP contribution in [0.15, 0.2) is 18.3 Å². The van der Waals surface area contributed by atoms with Crippen LogP contribution in [-0.4, -0.2) is 21.2 Å². The van der Waals surface area contributed by atoms with Gasteiger partial charge in [0, 0.05) is 15.3 Å². The van der Waals surface area contributed by atoms with Crippen molar-refractivity contribution >= 4 is 33.9 Å². The lowest BCUT2D eigenvalue weighted by molar-refractivity contribution is 0.0259. The van der Waals surface area contributed by atoms with E-state index in [2.05, 4.69) is 19.3 Å².